The third-order valence-corrected chi connectivity index (χ3v) is 34.2. The average molecular weight is 1690 g/mol. The number of hydrogen-bond acceptors (Lipinski definition) is 7. The molecule has 4 unspecified atom stereocenters. The standard InChI is InChI=1S/C121H115B2N5O2/c1-10-40-80(41-11-1)91-58-30-35-69-106(91)125(87-54-24-8-25-55-87)90-74-112-118-116(75-90)129-113-71-37-34-68-103(113)123(118)105-77-101-115(79-109(105)128(112)120-94(83-46-16-4-17-47-83)63-39-64-95(120)84-48-18-5-19-49-84)130-114-78-108-104(76-100(114)121(101)98-65-31-28-59-96(98)97-60-29-32-66-99(97)121)122-102-67-33-36-70-107(102)126(88-56-26-9-27-57-88)110-72-89(124(85-50-20-6-21-51-85)86-52-22-7-23-53-86)73-111(117(110)122)127(108)119-92(81-42-12-2-13-43-81)61-38-62-93(119)82-44-14-3-15-45-82/h1,6-11,20-37,40-41,50-60,65-79,81-84,92-95,119-120H,2-5,12-19,38-39,42-49,61-64H2. The van der Waals surface area contributed by atoms with Crippen molar-refractivity contribution < 1.29 is 9.47 Å². The summed E-state index contributed by atoms with van der Waals surface area (Å²) in [6, 6.07) is 125. The van der Waals surface area contributed by atoms with Crippen molar-refractivity contribution in [1.29, 1.82) is 0 Å². The van der Waals surface area contributed by atoms with Gasteiger partial charge in [-0.25, -0.2) is 0 Å². The number of para-hydroxylation sites is 7. The Bertz CT molecular complexity index is 6480. The summed E-state index contributed by atoms with van der Waals surface area (Å²) in [4.78, 5) is 14.0. The van der Waals surface area contributed by atoms with Gasteiger partial charge < -0.3 is 34.0 Å². The summed E-state index contributed by atoms with van der Waals surface area (Å²) < 4.78 is 16.6. The quantitative estimate of drug-likeness (QED) is 0.100. The summed E-state index contributed by atoms with van der Waals surface area (Å²) in [5.74, 6) is 8.28. The zero-order chi connectivity index (χ0) is 85.5. The molecule has 14 aromatic rings. The van der Waals surface area contributed by atoms with E-state index in [1.165, 1.54) is 290 Å². The van der Waals surface area contributed by atoms with E-state index >= 15 is 0 Å². The fraction of sp³-hybridized carbons (Fsp3) is 0.306. The Hall–Kier alpha value is -12.2. The molecule has 12 aliphatic rings. The maximum atomic E-state index is 8.78. The molecule has 5 aliphatic heterocycles. The van der Waals surface area contributed by atoms with Crippen molar-refractivity contribution in [1.82, 2.24) is 0 Å². The lowest BCUT2D eigenvalue weighted by Gasteiger charge is -2.55. The van der Waals surface area contributed by atoms with Crippen LogP contribution in [0.3, 0.4) is 0 Å². The van der Waals surface area contributed by atoms with E-state index in [9.17, 15) is 0 Å². The lowest BCUT2D eigenvalue weighted by Crippen LogP contribution is -2.65. The van der Waals surface area contributed by atoms with E-state index in [4.69, 9.17) is 9.47 Å². The van der Waals surface area contributed by atoms with Crippen molar-refractivity contribution in [2.45, 2.75) is 184 Å². The molecule has 9 heteroatoms. The van der Waals surface area contributed by atoms with Gasteiger partial charge in [0.05, 0.1) is 22.5 Å². The van der Waals surface area contributed by atoms with Crippen molar-refractivity contribution in [3.8, 4) is 45.3 Å². The second kappa shape index (κ2) is 32.7. The van der Waals surface area contributed by atoms with Gasteiger partial charge in [-0.2, -0.15) is 0 Å². The molecule has 0 N–H and O–H groups in total. The highest BCUT2D eigenvalue weighted by Crippen LogP contribution is 2.66. The van der Waals surface area contributed by atoms with Gasteiger partial charge >= 0.3 is 0 Å². The van der Waals surface area contributed by atoms with E-state index < -0.39 is 5.41 Å². The first-order valence-electron chi connectivity index (χ1n) is 50.3. The van der Waals surface area contributed by atoms with Gasteiger partial charge in [-0.05, 0) is 219 Å². The Kier molecular flexibility index (Phi) is 19.8. The number of anilines is 13. The molecule has 7 nitrogen and oxygen atoms in total. The first-order chi connectivity index (χ1) is 64.6. The van der Waals surface area contributed by atoms with Gasteiger partial charge in [0, 0.05) is 104 Å². The van der Waals surface area contributed by atoms with E-state index in [1.807, 2.05) is 0 Å². The topological polar surface area (TPSA) is 34.7 Å². The highest BCUT2D eigenvalue weighted by molar-refractivity contribution is 7.00. The second-order valence-electron chi connectivity index (χ2n) is 40.7. The molecule has 130 heavy (non-hydrogen) atoms. The molecule has 4 atom stereocenters. The van der Waals surface area contributed by atoms with Crippen LogP contribution in [0.5, 0.6) is 23.0 Å². The highest BCUT2D eigenvalue weighted by Gasteiger charge is 2.58. The molecule has 7 aliphatic carbocycles. The Morgan fingerprint density at radius 2 is 0.646 bits per heavy atom. The normalized spacial score (nSPS) is 21.6. The molecule has 0 amide bonds. The zero-order valence-electron chi connectivity index (χ0n) is 75.0. The van der Waals surface area contributed by atoms with Crippen molar-refractivity contribution in [3.63, 3.8) is 0 Å². The minimum atomic E-state index is -0.848. The van der Waals surface area contributed by atoms with E-state index in [1.54, 1.807) is 0 Å². The van der Waals surface area contributed by atoms with Crippen molar-refractivity contribution >= 4 is 120 Å². The van der Waals surface area contributed by atoms with E-state index in [0.717, 1.165) is 51.4 Å². The molecule has 6 fully saturated rings. The van der Waals surface area contributed by atoms with Crippen LogP contribution in [0.2, 0.25) is 0 Å². The fourth-order valence-electron chi connectivity index (χ4n) is 29.0. The monoisotopic (exact) mass is 1690 g/mol. The molecule has 26 rings (SSSR count). The third-order valence-electron chi connectivity index (χ3n) is 34.2. The van der Waals surface area contributed by atoms with Crippen LogP contribution in [0.1, 0.15) is 189 Å². The van der Waals surface area contributed by atoms with Crippen molar-refractivity contribution in [2.24, 2.45) is 47.3 Å². The largest absolute Gasteiger partial charge is 0.458 e. The number of fused-ring (bicyclic) bond motifs is 17. The van der Waals surface area contributed by atoms with E-state index in [2.05, 4.69) is 346 Å². The predicted molar refractivity (Wildman–Crippen MR) is 542 cm³/mol. The number of rotatable bonds is 14. The Balaban J connectivity index is 0.773. The Labute approximate surface area is 769 Å². The number of hydrogen-bond donors (Lipinski definition) is 0. The minimum Gasteiger partial charge on any atom is -0.458 e. The van der Waals surface area contributed by atoms with E-state index in [0.29, 0.717) is 47.3 Å². The Morgan fingerprint density at radius 1 is 0.254 bits per heavy atom. The van der Waals surface area contributed by atoms with Crippen LogP contribution in [0.25, 0.3) is 22.3 Å². The average Bonchev–Trinajstić information content (AvgIpc) is 1.24. The maximum absolute atomic E-state index is 8.78. The zero-order valence-corrected chi connectivity index (χ0v) is 75.0. The van der Waals surface area contributed by atoms with Gasteiger partial charge in [0.25, 0.3) is 13.4 Å². The van der Waals surface area contributed by atoms with Crippen LogP contribution in [0.15, 0.2) is 322 Å². The molecule has 1 spiro atoms. The van der Waals surface area contributed by atoms with Gasteiger partial charge in [-0.1, -0.05) is 360 Å². The second-order valence-corrected chi connectivity index (χ2v) is 40.7. The van der Waals surface area contributed by atoms with Gasteiger partial charge in [-0.15, -0.1) is 0 Å². The van der Waals surface area contributed by atoms with Gasteiger partial charge in [-0.3, -0.25) is 0 Å². The highest BCUT2D eigenvalue weighted by atomic mass is 16.5. The van der Waals surface area contributed by atoms with Crippen LogP contribution in [-0.4, -0.2) is 25.5 Å². The third kappa shape index (κ3) is 12.7. The van der Waals surface area contributed by atoms with Crippen LogP contribution in [0, 0.1) is 47.3 Å². The summed E-state index contributed by atoms with van der Waals surface area (Å²) >= 11 is 0. The Morgan fingerprint density at radius 3 is 1.16 bits per heavy atom. The molecular formula is C121H115B2N5O2. The van der Waals surface area contributed by atoms with Crippen LogP contribution < -0.4 is 66.8 Å². The molecule has 6 saturated carbocycles. The SMILES string of the molecule is c1ccc(-c2ccccc2N(c2ccccc2)c2cc3c4c(c2)N(C2C(C5CCCCC5)CCCC2C2CCCCC2)c2cc5c(cc2B4c2ccccc2O3)C2(c3cc4c(cc3O5)N(C3C(C5CCCCC5)CCCC3C3CCCCC3)c3cc(N(c5ccccc5)c5ccccc5)cc5c3B4c3ccccc3N5c3ccccc3)c3ccccc3-c3ccccc32)cc1. The first kappa shape index (κ1) is 78.8. The summed E-state index contributed by atoms with van der Waals surface area (Å²) in [5, 5.41) is 0. The van der Waals surface area contributed by atoms with Crippen molar-refractivity contribution in [3.05, 3.63) is 344 Å². The lowest BCUT2D eigenvalue weighted by molar-refractivity contribution is 0.0839. The van der Waals surface area contributed by atoms with Gasteiger partial charge in [0.1, 0.15) is 23.0 Å². The van der Waals surface area contributed by atoms with Crippen LogP contribution >= 0.6 is 0 Å². The molecule has 0 radical (unpaired) electrons. The maximum Gasteiger partial charge on any atom is 0.256 e. The molecule has 642 valence electrons. The first-order valence-corrected chi connectivity index (χ1v) is 50.3. The van der Waals surface area contributed by atoms with Crippen LogP contribution in [-0.2, 0) is 5.41 Å². The molecule has 5 heterocycles. The molecule has 0 saturated heterocycles. The number of nitrogens with zero attached hydrogens (tertiary/aromatic N) is 5. The molecule has 0 aromatic heterocycles. The predicted octanol–water partition coefficient (Wildman–Crippen LogP) is 28.5. The minimum absolute atomic E-state index is 0.158. The summed E-state index contributed by atoms with van der Waals surface area (Å²) in [6.07, 6.45) is 33.8. The van der Waals surface area contributed by atoms with E-state index in [-0.39, 0.29) is 25.5 Å². The fourth-order valence-corrected chi connectivity index (χ4v) is 29.0. The van der Waals surface area contributed by atoms with Crippen LogP contribution in [0.4, 0.5) is 73.9 Å². The molecule has 14 aromatic carbocycles. The smallest absolute Gasteiger partial charge is 0.256 e. The van der Waals surface area contributed by atoms with Gasteiger partial charge in [0.15, 0.2) is 0 Å². The van der Waals surface area contributed by atoms with Crippen molar-refractivity contribution in [2.75, 3.05) is 24.5 Å². The molecular weight excluding hydrogens is 1580 g/mol. The summed E-state index contributed by atoms with van der Waals surface area (Å²) in [5.41, 5.74) is 33.0. The van der Waals surface area contributed by atoms with Gasteiger partial charge in [0.2, 0.25) is 0 Å². The lowest BCUT2D eigenvalue weighted by atomic mass is 9.33. The summed E-state index contributed by atoms with van der Waals surface area (Å²) in [7, 11) is 0. The number of ether oxygens (including phenoxy) is 2. The number of benzene rings is 14. The molecule has 0 bridgehead atoms. The summed E-state index contributed by atoms with van der Waals surface area (Å²) in [6.45, 7) is -0.348.